The van der Waals surface area contributed by atoms with Gasteiger partial charge < -0.3 is 20.9 Å². The highest BCUT2D eigenvalue weighted by Gasteiger charge is 2.30. The molecule has 0 radical (unpaired) electrons. The van der Waals surface area contributed by atoms with Crippen molar-refractivity contribution in [1.82, 2.24) is 0 Å². The van der Waals surface area contributed by atoms with Crippen molar-refractivity contribution in [3.63, 3.8) is 0 Å². The summed E-state index contributed by atoms with van der Waals surface area (Å²) in [6.45, 7) is 2.39. The van der Waals surface area contributed by atoms with Crippen LogP contribution >= 0.6 is 0 Å². The molecule has 2 fully saturated rings. The van der Waals surface area contributed by atoms with Gasteiger partial charge in [0.2, 0.25) is 0 Å². The minimum Gasteiger partial charge on any atom is -0.459 e. The van der Waals surface area contributed by atoms with Gasteiger partial charge in [-0.3, -0.25) is 0 Å². The molecule has 3 rings (SSSR count). The highest BCUT2D eigenvalue weighted by atomic mass is 16.5. The third kappa shape index (κ3) is 6.78. The molecule has 6 nitrogen and oxygen atoms in total. The number of rotatable bonds is 6. The van der Waals surface area contributed by atoms with Gasteiger partial charge in [-0.2, -0.15) is 0 Å². The summed E-state index contributed by atoms with van der Waals surface area (Å²) < 4.78 is 10.6. The fraction of sp³-hybridized carbons (Fsp3) is 0.583. The topological polar surface area (TPSA) is 105 Å². The van der Waals surface area contributed by atoms with E-state index in [9.17, 15) is 9.59 Å². The molecule has 1 aromatic rings. The van der Waals surface area contributed by atoms with Gasteiger partial charge in [-0.15, -0.1) is 0 Å². The Morgan fingerprint density at radius 1 is 0.867 bits per heavy atom. The van der Waals surface area contributed by atoms with Gasteiger partial charge in [0.05, 0.1) is 0 Å². The molecule has 0 aliphatic heterocycles. The number of ether oxygens (including phenoxy) is 2. The van der Waals surface area contributed by atoms with Crippen LogP contribution in [-0.4, -0.2) is 18.0 Å². The van der Waals surface area contributed by atoms with Gasteiger partial charge in [0.25, 0.3) is 0 Å². The van der Waals surface area contributed by atoms with Crippen molar-refractivity contribution >= 4 is 23.3 Å². The van der Waals surface area contributed by atoms with E-state index in [4.69, 9.17) is 20.9 Å². The van der Waals surface area contributed by atoms with E-state index in [1.54, 1.807) is 18.2 Å². The maximum absolute atomic E-state index is 12.0. The quantitative estimate of drug-likeness (QED) is 0.407. The van der Waals surface area contributed by atoms with Gasteiger partial charge in [-0.05, 0) is 80.0 Å². The molecule has 0 atom stereocenters. The van der Waals surface area contributed by atoms with Crippen LogP contribution in [0, 0.1) is 17.8 Å². The molecule has 0 unspecified atom stereocenters. The molecule has 0 amide bonds. The first-order valence-electron chi connectivity index (χ1n) is 11.1. The molecule has 2 saturated carbocycles. The Balaban J connectivity index is 1.36. The van der Waals surface area contributed by atoms with Crippen LogP contribution in [0.2, 0.25) is 0 Å². The first kappa shape index (κ1) is 22.2. The summed E-state index contributed by atoms with van der Waals surface area (Å²) in [4.78, 5) is 23.9. The monoisotopic (exact) mass is 414 g/mol. The van der Waals surface area contributed by atoms with Crippen LogP contribution in [0.4, 0.5) is 11.4 Å². The maximum Gasteiger partial charge on any atom is 0.331 e. The molecule has 4 N–H and O–H groups in total. The van der Waals surface area contributed by atoms with Gasteiger partial charge in [0.1, 0.15) is 12.7 Å². The largest absolute Gasteiger partial charge is 0.459 e. The number of esters is 2. The van der Waals surface area contributed by atoms with Crippen molar-refractivity contribution in [3.05, 3.63) is 35.9 Å². The highest BCUT2D eigenvalue weighted by Crippen LogP contribution is 2.40. The molecule has 0 spiro atoms. The number of carbonyl (C=O) groups excluding carboxylic acids is 2. The zero-order chi connectivity index (χ0) is 21.5. The summed E-state index contributed by atoms with van der Waals surface area (Å²) >= 11 is 0. The predicted molar refractivity (Wildman–Crippen MR) is 117 cm³/mol. The Hall–Kier alpha value is -2.50. The van der Waals surface area contributed by atoms with E-state index < -0.39 is 11.9 Å². The van der Waals surface area contributed by atoms with Crippen LogP contribution in [0.5, 0.6) is 0 Å². The van der Waals surface area contributed by atoms with Gasteiger partial charge in [0, 0.05) is 23.5 Å². The molecule has 2 aliphatic carbocycles. The second kappa shape index (κ2) is 10.5. The van der Waals surface area contributed by atoms with Crippen molar-refractivity contribution in [1.29, 1.82) is 0 Å². The molecule has 0 saturated heterocycles. The van der Waals surface area contributed by atoms with Crippen molar-refractivity contribution in [2.24, 2.45) is 17.8 Å². The van der Waals surface area contributed by atoms with Crippen molar-refractivity contribution in [3.8, 4) is 0 Å². The van der Waals surface area contributed by atoms with Gasteiger partial charge >= 0.3 is 11.9 Å². The number of nitrogen functional groups attached to an aromatic ring is 2. The second-order valence-electron chi connectivity index (χ2n) is 8.94. The summed E-state index contributed by atoms with van der Waals surface area (Å²) in [5.41, 5.74) is 13.1. The van der Waals surface area contributed by atoms with E-state index in [2.05, 4.69) is 6.92 Å². The SMILES string of the molecule is CC1CCC(C2CCC(OC(=O)/C=C\C(=O)OCc3cc(N)cc(N)c3)CC2)CC1. The lowest BCUT2D eigenvalue weighted by atomic mass is 9.71. The van der Waals surface area contributed by atoms with E-state index in [1.807, 2.05) is 0 Å². The Kier molecular flexibility index (Phi) is 7.77. The van der Waals surface area contributed by atoms with E-state index in [1.165, 1.54) is 25.7 Å². The van der Waals surface area contributed by atoms with E-state index in [0.717, 1.165) is 55.6 Å². The van der Waals surface area contributed by atoms with Crippen LogP contribution < -0.4 is 11.5 Å². The Bertz CT molecular complexity index is 740. The molecule has 1 aromatic carbocycles. The Labute approximate surface area is 179 Å². The lowest BCUT2D eigenvalue weighted by Crippen LogP contribution is -2.29. The minimum atomic E-state index is -0.608. The first-order chi connectivity index (χ1) is 14.4. The number of anilines is 2. The molecule has 0 heterocycles. The number of hydrogen-bond acceptors (Lipinski definition) is 6. The van der Waals surface area contributed by atoms with Crippen LogP contribution in [0.25, 0.3) is 0 Å². The Morgan fingerprint density at radius 3 is 2.00 bits per heavy atom. The molecule has 0 aromatic heterocycles. The van der Waals surface area contributed by atoms with Crippen molar-refractivity contribution < 1.29 is 19.1 Å². The molecular formula is C24H34N2O4. The number of benzene rings is 1. The minimum absolute atomic E-state index is 0.0391. The van der Waals surface area contributed by atoms with Gasteiger partial charge in [-0.25, -0.2) is 9.59 Å². The van der Waals surface area contributed by atoms with Crippen LogP contribution in [-0.2, 0) is 25.7 Å². The first-order valence-corrected chi connectivity index (χ1v) is 11.1. The lowest BCUT2D eigenvalue weighted by Gasteiger charge is -2.36. The molecule has 2 aliphatic rings. The fourth-order valence-electron chi connectivity index (χ4n) is 4.81. The third-order valence-corrected chi connectivity index (χ3v) is 6.50. The van der Waals surface area contributed by atoms with Crippen LogP contribution in [0.15, 0.2) is 30.4 Å². The molecule has 0 bridgehead atoms. The second-order valence-corrected chi connectivity index (χ2v) is 8.94. The summed E-state index contributed by atoms with van der Waals surface area (Å²) in [5.74, 6) is 1.40. The summed E-state index contributed by atoms with van der Waals surface area (Å²) in [6.07, 6.45) is 11.7. The van der Waals surface area contributed by atoms with E-state index in [-0.39, 0.29) is 12.7 Å². The van der Waals surface area contributed by atoms with E-state index >= 15 is 0 Å². The van der Waals surface area contributed by atoms with Crippen molar-refractivity contribution in [2.45, 2.75) is 71.0 Å². The summed E-state index contributed by atoms with van der Waals surface area (Å²) in [6, 6.07) is 5.00. The summed E-state index contributed by atoms with van der Waals surface area (Å²) in [7, 11) is 0. The van der Waals surface area contributed by atoms with E-state index in [0.29, 0.717) is 16.9 Å². The van der Waals surface area contributed by atoms with Gasteiger partial charge in [-0.1, -0.05) is 19.8 Å². The number of hydrogen-bond donors (Lipinski definition) is 2. The number of carbonyl (C=O) groups is 2. The molecule has 30 heavy (non-hydrogen) atoms. The third-order valence-electron chi connectivity index (χ3n) is 6.50. The van der Waals surface area contributed by atoms with Crippen LogP contribution in [0.1, 0.15) is 63.9 Å². The highest BCUT2D eigenvalue weighted by molar-refractivity contribution is 5.91. The normalized spacial score (nSPS) is 27.0. The zero-order valence-corrected chi connectivity index (χ0v) is 17.8. The average molecular weight is 415 g/mol. The maximum atomic E-state index is 12.0. The molecule has 6 heteroatoms. The molecule has 164 valence electrons. The predicted octanol–water partition coefficient (Wildman–Crippen LogP) is 4.38. The average Bonchev–Trinajstić information content (AvgIpc) is 2.71. The van der Waals surface area contributed by atoms with Gasteiger partial charge in [0.15, 0.2) is 0 Å². The standard InChI is InChI=1S/C24H34N2O4/c1-16-2-4-18(5-3-16)19-6-8-22(9-7-19)30-24(28)11-10-23(27)29-15-17-12-20(25)14-21(26)13-17/h10-14,16,18-19,22H,2-9,15,25-26H2,1H3/b11-10-. The summed E-state index contributed by atoms with van der Waals surface area (Å²) in [5, 5.41) is 0. The van der Waals surface area contributed by atoms with Crippen molar-refractivity contribution in [2.75, 3.05) is 11.5 Å². The Morgan fingerprint density at radius 2 is 1.40 bits per heavy atom. The van der Waals surface area contributed by atoms with Crippen LogP contribution in [0.3, 0.4) is 0 Å². The lowest BCUT2D eigenvalue weighted by molar-refractivity contribution is -0.146. The number of nitrogens with two attached hydrogens (primary N) is 2. The smallest absolute Gasteiger partial charge is 0.331 e. The fourth-order valence-corrected chi connectivity index (χ4v) is 4.81. The molecular weight excluding hydrogens is 380 g/mol. The zero-order valence-electron chi connectivity index (χ0n) is 17.8.